The number of unbranched alkanes of at least 4 members (excludes halogenated alkanes) is 1. The fraction of sp³-hybridized carbons (Fsp3) is 0.812. The second kappa shape index (κ2) is 6.37. The third kappa shape index (κ3) is 2.88. The number of guanidine groups is 1. The van der Waals surface area contributed by atoms with Crippen LogP contribution >= 0.6 is 0 Å². The van der Waals surface area contributed by atoms with Gasteiger partial charge in [0.25, 0.3) is 5.91 Å². The van der Waals surface area contributed by atoms with E-state index >= 15 is 0 Å². The molecule has 3 unspecified atom stereocenters. The number of aliphatic imine (C=N–C) groups is 1. The number of amides is 3. The van der Waals surface area contributed by atoms with E-state index in [9.17, 15) is 9.59 Å². The molecule has 0 aromatic rings. The maximum absolute atomic E-state index is 12.4. The number of carbonyl (C=O) groups excluding carboxylic acids is 2. The molecule has 2 fully saturated rings. The van der Waals surface area contributed by atoms with Crippen molar-refractivity contribution in [3.63, 3.8) is 0 Å². The molecule has 0 bridgehead atoms. The molecular weight excluding hydrogens is 294 g/mol. The monoisotopic (exact) mass is 321 g/mol. The molecule has 0 saturated carbocycles. The van der Waals surface area contributed by atoms with Gasteiger partial charge in [-0.25, -0.2) is 9.79 Å². The Balaban J connectivity index is 1.88. The first-order valence-corrected chi connectivity index (χ1v) is 8.70. The van der Waals surface area contributed by atoms with Crippen LogP contribution in [0.3, 0.4) is 0 Å². The minimum Gasteiger partial charge on any atom is -0.342 e. The first-order valence-electron chi connectivity index (χ1n) is 8.70. The second-order valence-corrected chi connectivity index (χ2v) is 6.93. The summed E-state index contributed by atoms with van der Waals surface area (Å²) in [7, 11) is 1.71. The van der Waals surface area contributed by atoms with Crippen LogP contribution in [-0.2, 0) is 4.79 Å². The van der Waals surface area contributed by atoms with Crippen molar-refractivity contribution in [3.05, 3.63) is 0 Å². The molecule has 3 aliphatic rings. The van der Waals surface area contributed by atoms with Gasteiger partial charge in [0.2, 0.25) is 0 Å². The van der Waals surface area contributed by atoms with Crippen LogP contribution in [0.5, 0.6) is 0 Å². The first-order chi connectivity index (χ1) is 11.0. The predicted molar refractivity (Wildman–Crippen MR) is 87.9 cm³/mol. The molecule has 1 N–H and O–H groups in total. The summed E-state index contributed by atoms with van der Waals surface area (Å²) in [4.78, 5) is 35.1. The highest BCUT2D eigenvalue weighted by Gasteiger charge is 2.49. The molecule has 7 heteroatoms. The maximum Gasteiger partial charge on any atom is 0.325 e. The number of carbonyl (C=O) groups is 2. The van der Waals surface area contributed by atoms with Crippen LogP contribution < -0.4 is 5.32 Å². The van der Waals surface area contributed by atoms with E-state index in [4.69, 9.17) is 4.99 Å². The third-order valence-corrected chi connectivity index (χ3v) is 5.03. The maximum atomic E-state index is 12.4. The Morgan fingerprint density at radius 2 is 2.13 bits per heavy atom. The van der Waals surface area contributed by atoms with Crippen molar-refractivity contribution in [3.8, 4) is 0 Å². The van der Waals surface area contributed by atoms with Gasteiger partial charge in [0, 0.05) is 26.7 Å². The molecule has 0 aromatic heterocycles. The lowest BCUT2D eigenvalue weighted by Gasteiger charge is -2.39. The van der Waals surface area contributed by atoms with Crippen molar-refractivity contribution < 1.29 is 9.59 Å². The van der Waals surface area contributed by atoms with E-state index in [0.29, 0.717) is 5.92 Å². The summed E-state index contributed by atoms with van der Waals surface area (Å²) in [6, 6.07) is -0.750. The van der Waals surface area contributed by atoms with Gasteiger partial charge in [0.1, 0.15) is 0 Å². The lowest BCUT2D eigenvalue weighted by molar-refractivity contribution is -0.127. The lowest BCUT2D eigenvalue weighted by atomic mass is 10.0. The van der Waals surface area contributed by atoms with Gasteiger partial charge in [0.15, 0.2) is 18.2 Å². The number of nitrogens with one attached hydrogen (secondary N) is 1. The number of hydrogen-bond acceptors (Lipinski definition) is 5. The van der Waals surface area contributed by atoms with E-state index < -0.39 is 12.2 Å². The van der Waals surface area contributed by atoms with Crippen molar-refractivity contribution in [2.45, 2.75) is 51.7 Å². The summed E-state index contributed by atoms with van der Waals surface area (Å²) in [5, 5.41) is 2.45. The summed E-state index contributed by atoms with van der Waals surface area (Å²) >= 11 is 0. The first kappa shape index (κ1) is 16.1. The van der Waals surface area contributed by atoms with Gasteiger partial charge < -0.3 is 14.7 Å². The van der Waals surface area contributed by atoms with Crippen LogP contribution in [0.1, 0.15) is 39.5 Å². The van der Waals surface area contributed by atoms with Crippen LogP contribution in [0.4, 0.5) is 4.79 Å². The fourth-order valence-electron chi connectivity index (χ4n) is 3.71. The van der Waals surface area contributed by atoms with Gasteiger partial charge in [-0.05, 0) is 25.2 Å². The number of fused-ring (bicyclic) bond motifs is 1. The molecule has 3 rings (SSSR count). The van der Waals surface area contributed by atoms with E-state index in [0.717, 1.165) is 44.9 Å². The van der Waals surface area contributed by atoms with Gasteiger partial charge in [0.05, 0.1) is 0 Å². The average Bonchev–Trinajstić information content (AvgIpc) is 2.91. The number of urea groups is 1. The van der Waals surface area contributed by atoms with E-state index in [1.807, 2.05) is 0 Å². The molecule has 3 amide bonds. The average molecular weight is 321 g/mol. The predicted octanol–water partition coefficient (Wildman–Crippen LogP) is 1.07. The van der Waals surface area contributed by atoms with Gasteiger partial charge in [-0.1, -0.05) is 20.3 Å². The number of likely N-dealkylation sites (tertiary alicyclic amines) is 1. The topological polar surface area (TPSA) is 68.2 Å². The summed E-state index contributed by atoms with van der Waals surface area (Å²) in [5.41, 5.74) is 0. The molecule has 0 radical (unpaired) electrons. The van der Waals surface area contributed by atoms with Crippen LogP contribution in [0, 0.1) is 5.92 Å². The molecule has 128 valence electrons. The summed E-state index contributed by atoms with van der Waals surface area (Å²) in [6.45, 7) is 7.15. The molecular formula is C16H27N5O2. The Kier molecular flexibility index (Phi) is 4.46. The van der Waals surface area contributed by atoms with E-state index in [1.165, 1.54) is 6.42 Å². The minimum atomic E-state index is -0.402. The third-order valence-electron chi connectivity index (χ3n) is 5.03. The standard InChI is InChI=1S/C16H27N5O2/c1-4-5-9-21-12-13(19(3)16(23)18-14(12)22)17-15(21)20-8-6-7-11(2)10-20/h11-13H,4-10H2,1-3H3,(H,18,22,23). The molecule has 0 aromatic carbocycles. The van der Waals surface area contributed by atoms with Gasteiger partial charge in [-0.2, -0.15) is 0 Å². The summed E-state index contributed by atoms with van der Waals surface area (Å²) in [5.74, 6) is 1.31. The molecule has 3 aliphatic heterocycles. The highest BCUT2D eigenvalue weighted by Crippen LogP contribution is 2.28. The number of rotatable bonds is 3. The van der Waals surface area contributed by atoms with E-state index in [2.05, 4.69) is 29.0 Å². The summed E-state index contributed by atoms with van der Waals surface area (Å²) in [6.07, 6.45) is 4.06. The molecule has 0 spiro atoms. The molecule has 0 aliphatic carbocycles. The normalized spacial score (nSPS) is 31.2. The van der Waals surface area contributed by atoms with Crippen LogP contribution in [0.25, 0.3) is 0 Å². The smallest absolute Gasteiger partial charge is 0.325 e. The molecule has 3 atom stereocenters. The Labute approximate surface area is 137 Å². The highest BCUT2D eigenvalue weighted by molar-refractivity contribution is 6.03. The van der Waals surface area contributed by atoms with Gasteiger partial charge >= 0.3 is 6.03 Å². The van der Waals surface area contributed by atoms with E-state index in [1.54, 1.807) is 11.9 Å². The van der Waals surface area contributed by atoms with Crippen molar-refractivity contribution in [2.24, 2.45) is 10.9 Å². The van der Waals surface area contributed by atoms with Crippen molar-refractivity contribution in [1.29, 1.82) is 0 Å². The van der Waals surface area contributed by atoms with Crippen molar-refractivity contribution in [2.75, 3.05) is 26.7 Å². The Morgan fingerprint density at radius 1 is 1.35 bits per heavy atom. The Bertz CT molecular complexity index is 521. The molecule has 3 heterocycles. The summed E-state index contributed by atoms with van der Waals surface area (Å²) < 4.78 is 0. The number of likely N-dealkylation sites (N-methyl/N-ethyl adjacent to an activating group) is 1. The number of hydrogen-bond donors (Lipinski definition) is 1. The highest BCUT2D eigenvalue weighted by atomic mass is 16.2. The van der Waals surface area contributed by atoms with Crippen LogP contribution in [0.15, 0.2) is 4.99 Å². The second-order valence-electron chi connectivity index (χ2n) is 6.93. The van der Waals surface area contributed by atoms with E-state index in [-0.39, 0.29) is 11.9 Å². The Hall–Kier alpha value is -1.79. The minimum absolute atomic E-state index is 0.224. The molecule has 7 nitrogen and oxygen atoms in total. The van der Waals surface area contributed by atoms with Crippen molar-refractivity contribution >= 4 is 17.9 Å². The van der Waals surface area contributed by atoms with Gasteiger partial charge in [-0.15, -0.1) is 0 Å². The van der Waals surface area contributed by atoms with Gasteiger partial charge in [-0.3, -0.25) is 10.1 Å². The number of piperidine rings is 1. The molecule has 23 heavy (non-hydrogen) atoms. The zero-order valence-electron chi connectivity index (χ0n) is 14.3. The fourth-order valence-corrected chi connectivity index (χ4v) is 3.71. The zero-order valence-corrected chi connectivity index (χ0v) is 14.3. The lowest BCUT2D eigenvalue weighted by Crippen LogP contribution is -2.64. The van der Waals surface area contributed by atoms with Crippen molar-refractivity contribution in [1.82, 2.24) is 20.0 Å². The van der Waals surface area contributed by atoms with Crippen LogP contribution in [-0.4, -0.2) is 71.5 Å². The number of nitrogens with zero attached hydrogens (tertiary/aromatic N) is 4. The largest absolute Gasteiger partial charge is 0.342 e. The quantitative estimate of drug-likeness (QED) is 0.844. The molecule has 2 saturated heterocycles. The zero-order chi connectivity index (χ0) is 16.6. The number of imide groups is 1. The Morgan fingerprint density at radius 3 is 2.83 bits per heavy atom. The SMILES string of the molecule is CCCCN1C(N2CCCC(C)C2)=NC2C1C(=O)NC(=O)N2C. The van der Waals surface area contributed by atoms with Crippen LogP contribution in [0.2, 0.25) is 0 Å².